The van der Waals surface area contributed by atoms with Gasteiger partial charge in [0.2, 0.25) is 5.91 Å². The van der Waals surface area contributed by atoms with Crippen LogP contribution in [0, 0.1) is 0 Å². The number of carbonyl (C=O) groups is 2. The third-order valence-electron chi connectivity index (χ3n) is 4.30. The lowest BCUT2D eigenvalue weighted by atomic mass is 9.97. The van der Waals surface area contributed by atoms with Crippen LogP contribution in [0.5, 0.6) is 0 Å². The second kappa shape index (κ2) is 6.77. The van der Waals surface area contributed by atoms with E-state index >= 15 is 0 Å². The Kier molecular flexibility index (Phi) is 4.56. The molecule has 0 spiro atoms. The average Bonchev–Trinajstić information content (AvgIpc) is 2.85. The Balaban J connectivity index is 1.48. The van der Waals surface area contributed by atoms with Gasteiger partial charge in [0, 0.05) is 12.1 Å². The van der Waals surface area contributed by atoms with E-state index in [9.17, 15) is 9.59 Å². The van der Waals surface area contributed by atoms with Gasteiger partial charge in [0.05, 0.1) is 12.0 Å². The van der Waals surface area contributed by atoms with Crippen LogP contribution in [0.4, 0.5) is 0 Å². The van der Waals surface area contributed by atoms with Crippen molar-refractivity contribution >= 4 is 11.9 Å². The number of benzene rings is 1. The monoisotopic (exact) mass is 299 g/mol. The molecule has 2 aliphatic rings. The first kappa shape index (κ1) is 14.8. The SMILES string of the molecule is O=C(CC1OC(=O)c2ccccc21)NCCC1=CCCCC1. The summed E-state index contributed by atoms with van der Waals surface area (Å²) in [5.41, 5.74) is 2.84. The number of allylic oxidation sites excluding steroid dienone is 1. The van der Waals surface area contributed by atoms with Crippen LogP contribution in [0.3, 0.4) is 0 Å². The first-order valence-electron chi connectivity index (χ1n) is 7.98. The molecule has 22 heavy (non-hydrogen) atoms. The number of rotatable bonds is 5. The van der Waals surface area contributed by atoms with Gasteiger partial charge in [-0.25, -0.2) is 4.79 Å². The molecule has 1 aliphatic carbocycles. The van der Waals surface area contributed by atoms with E-state index in [4.69, 9.17) is 4.74 Å². The summed E-state index contributed by atoms with van der Waals surface area (Å²) in [7, 11) is 0. The molecular weight excluding hydrogens is 278 g/mol. The average molecular weight is 299 g/mol. The van der Waals surface area contributed by atoms with Crippen LogP contribution < -0.4 is 5.32 Å². The van der Waals surface area contributed by atoms with Crippen LogP contribution in [0.25, 0.3) is 0 Å². The van der Waals surface area contributed by atoms with Gasteiger partial charge in [-0.2, -0.15) is 0 Å². The van der Waals surface area contributed by atoms with Crippen molar-refractivity contribution in [1.29, 1.82) is 0 Å². The van der Waals surface area contributed by atoms with E-state index < -0.39 is 6.10 Å². The largest absolute Gasteiger partial charge is 0.453 e. The molecule has 4 nitrogen and oxygen atoms in total. The fraction of sp³-hybridized carbons (Fsp3) is 0.444. The van der Waals surface area contributed by atoms with E-state index in [1.807, 2.05) is 12.1 Å². The van der Waals surface area contributed by atoms with Crippen LogP contribution in [0.2, 0.25) is 0 Å². The van der Waals surface area contributed by atoms with Crippen molar-refractivity contribution in [3.63, 3.8) is 0 Å². The summed E-state index contributed by atoms with van der Waals surface area (Å²) in [6, 6.07) is 7.26. The summed E-state index contributed by atoms with van der Waals surface area (Å²) >= 11 is 0. The molecule has 0 saturated heterocycles. The first-order chi connectivity index (χ1) is 10.7. The Morgan fingerprint density at radius 1 is 1.27 bits per heavy atom. The van der Waals surface area contributed by atoms with E-state index in [1.165, 1.54) is 18.4 Å². The number of cyclic esters (lactones) is 1. The Hall–Kier alpha value is -2.10. The molecule has 0 fully saturated rings. The van der Waals surface area contributed by atoms with Gasteiger partial charge in [0.1, 0.15) is 6.10 Å². The quantitative estimate of drug-likeness (QED) is 0.670. The van der Waals surface area contributed by atoms with Crippen molar-refractivity contribution < 1.29 is 14.3 Å². The molecule has 0 radical (unpaired) electrons. The minimum absolute atomic E-state index is 0.0640. The molecule has 1 unspecified atom stereocenters. The Labute approximate surface area is 130 Å². The number of amides is 1. The van der Waals surface area contributed by atoms with Crippen LogP contribution in [0.1, 0.15) is 60.6 Å². The zero-order valence-electron chi connectivity index (χ0n) is 12.6. The zero-order valence-corrected chi connectivity index (χ0v) is 12.6. The Morgan fingerprint density at radius 2 is 2.14 bits per heavy atom. The standard InChI is InChI=1S/C18H21NO3/c20-17(19-11-10-13-6-2-1-3-7-13)12-16-14-8-4-5-9-15(14)18(21)22-16/h4-6,8-9,16H,1-3,7,10-12H2,(H,19,20). The highest BCUT2D eigenvalue weighted by molar-refractivity contribution is 5.94. The topological polar surface area (TPSA) is 55.4 Å². The van der Waals surface area contributed by atoms with Crippen molar-refractivity contribution in [2.75, 3.05) is 6.54 Å². The van der Waals surface area contributed by atoms with Gasteiger partial charge >= 0.3 is 5.97 Å². The maximum atomic E-state index is 12.0. The summed E-state index contributed by atoms with van der Waals surface area (Å²) < 4.78 is 5.29. The number of esters is 1. The van der Waals surface area contributed by atoms with Crippen LogP contribution in [-0.2, 0) is 9.53 Å². The van der Waals surface area contributed by atoms with E-state index in [0.717, 1.165) is 24.8 Å². The number of hydrogen-bond acceptors (Lipinski definition) is 3. The lowest BCUT2D eigenvalue weighted by Crippen LogP contribution is -2.26. The maximum Gasteiger partial charge on any atom is 0.339 e. The molecule has 1 N–H and O–H groups in total. The summed E-state index contributed by atoms with van der Waals surface area (Å²) in [4.78, 5) is 23.8. The first-order valence-corrected chi connectivity index (χ1v) is 7.98. The molecule has 3 rings (SSSR count). The highest BCUT2D eigenvalue weighted by Crippen LogP contribution is 2.32. The third kappa shape index (κ3) is 3.38. The van der Waals surface area contributed by atoms with Gasteiger partial charge in [-0.3, -0.25) is 4.79 Å². The van der Waals surface area contributed by atoms with E-state index in [1.54, 1.807) is 12.1 Å². The Morgan fingerprint density at radius 3 is 2.95 bits per heavy atom. The molecule has 0 saturated carbocycles. The smallest absolute Gasteiger partial charge is 0.339 e. The fourth-order valence-corrected chi connectivity index (χ4v) is 3.11. The summed E-state index contributed by atoms with van der Waals surface area (Å²) in [6.45, 7) is 0.660. The second-order valence-electron chi connectivity index (χ2n) is 5.89. The van der Waals surface area contributed by atoms with Crippen molar-refractivity contribution in [1.82, 2.24) is 5.32 Å². The lowest BCUT2D eigenvalue weighted by Gasteiger charge is -2.14. The highest BCUT2D eigenvalue weighted by atomic mass is 16.5. The molecule has 1 amide bonds. The third-order valence-corrected chi connectivity index (χ3v) is 4.30. The van der Waals surface area contributed by atoms with Crippen LogP contribution in [0.15, 0.2) is 35.9 Å². The predicted octanol–water partition coefficient (Wildman–Crippen LogP) is 3.29. The van der Waals surface area contributed by atoms with Gasteiger partial charge in [-0.1, -0.05) is 29.8 Å². The molecule has 1 aromatic carbocycles. The molecule has 0 bridgehead atoms. The van der Waals surface area contributed by atoms with Crippen molar-refractivity contribution in [3.05, 3.63) is 47.0 Å². The van der Waals surface area contributed by atoms with Gasteiger partial charge < -0.3 is 10.1 Å². The summed E-state index contributed by atoms with van der Waals surface area (Å²) in [5.74, 6) is -0.397. The lowest BCUT2D eigenvalue weighted by molar-refractivity contribution is -0.122. The molecule has 1 heterocycles. The van der Waals surface area contributed by atoms with E-state index in [0.29, 0.717) is 12.1 Å². The van der Waals surface area contributed by atoms with Gasteiger partial charge in [-0.05, 0) is 38.2 Å². The zero-order chi connectivity index (χ0) is 15.4. The molecule has 0 aromatic heterocycles. The number of ether oxygens (including phenoxy) is 1. The maximum absolute atomic E-state index is 12.0. The Bertz CT molecular complexity index is 606. The predicted molar refractivity (Wildman–Crippen MR) is 83.4 cm³/mol. The number of nitrogens with one attached hydrogen (secondary N) is 1. The summed E-state index contributed by atoms with van der Waals surface area (Å²) in [5, 5.41) is 2.93. The molecular formula is C18H21NO3. The van der Waals surface area contributed by atoms with E-state index in [-0.39, 0.29) is 18.3 Å². The fourth-order valence-electron chi connectivity index (χ4n) is 3.11. The van der Waals surface area contributed by atoms with Gasteiger partial charge in [-0.15, -0.1) is 0 Å². The molecule has 116 valence electrons. The molecule has 4 heteroatoms. The van der Waals surface area contributed by atoms with Gasteiger partial charge in [0.25, 0.3) is 0 Å². The highest BCUT2D eigenvalue weighted by Gasteiger charge is 2.31. The number of carbonyl (C=O) groups excluding carboxylic acids is 2. The molecule has 1 atom stereocenters. The van der Waals surface area contributed by atoms with Crippen LogP contribution in [-0.4, -0.2) is 18.4 Å². The molecule has 1 aromatic rings. The van der Waals surface area contributed by atoms with Crippen molar-refractivity contribution in [3.8, 4) is 0 Å². The van der Waals surface area contributed by atoms with Crippen molar-refractivity contribution in [2.45, 2.75) is 44.6 Å². The normalized spacial score (nSPS) is 20.1. The minimum Gasteiger partial charge on any atom is -0.453 e. The summed E-state index contributed by atoms with van der Waals surface area (Å²) in [6.07, 6.45) is 7.83. The number of fused-ring (bicyclic) bond motifs is 1. The van der Waals surface area contributed by atoms with Gasteiger partial charge in [0.15, 0.2) is 0 Å². The van der Waals surface area contributed by atoms with E-state index in [2.05, 4.69) is 11.4 Å². The van der Waals surface area contributed by atoms with Crippen LogP contribution >= 0.6 is 0 Å². The molecule has 1 aliphatic heterocycles. The van der Waals surface area contributed by atoms with Crippen molar-refractivity contribution in [2.24, 2.45) is 0 Å². The minimum atomic E-state index is -0.447. The second-order valence-corrected chi connectivity index (χ2v) is 5.89. The number of hydrogen-bond donors (Lipinski definition) is 1.